The van der Waals surface area contributed by atoms with E-state index in [4.69, 9.17) is 20.4 Å². The molecule has 164 valence electrons. The lowest BCUT2D eigenvalue weighted by Crippen LogP contribution is -2.32. The van der Waals surface area contributed by atoms with E-state index in [0.717, 1.165) is 11.3 Å². The van der Waals surface area contributed by atoms with Crippen molar-refractivity contribution in [1.82, 2.24) is 10.5 Å². The maximum Gasteiger partial charge on any atom is 0.251 e. The van der Waals surface area contributed by atoms with Crippen LogP contribution in [-0.2, 0) is 11.4 Å². The number of aromatic nitrogens is 1. The summed E-state index contributed by atoms with van der Waals surface area (Å²) in [5, 5.41) is 9.16. The second-order valence-electron chi connectivity index (χ2n) is 6.91. The minimum Gasteiger partial charge on any atom is -0.493 e. The van der Waals surface area contributed by atoms with Crippen LogP contribution in [0.3, 0.4) is 0 Å². The van der Waals surface area contributed by atoms with Gasteiger partial charge < -0.3 is 24.6 Å². The summed E-state index contributed by atoms with van der Waals surface area (Å²) in [5.41, 5.74) is 3.14. The third-order valence-electron chi connectivity index (χ3n) is 4.70. The predicted octanol–water partition coefficient (Wildman–Crippen LogP) is 3.23. The predicted molar refractivity (Wildman–Crippen MR) is 119 cm³/mol. The SMILES string of the molecule is C#Cc1cccc(NC(=O)CNC(=O)c2ccc(OCc3c(C)noc3C)c(OC)c2)c1. The van der Waals surface area contributed by atoms with Gasteiger partial charge in [0.2, 0.25) is 5.91 Å². The molecule has 2 N–H and O–H groups in total. The van der Waals surface area contributed by atoms with E-state index in [2.05, 4.69) is 21.7 Å². The second-order valence-corrected chi connectivity index (χ2v) is 6.91. The Kier molecular flexibility index (Phi) is 7.13. The fourth-order valence-electron chi connectivity index (χ4n) is 2.94. The maximum atomic E-state index is 12.5. The fraction of sp³-hybridized carbons (Fsp3) is 0.208. The van der Waals surface area contributed by atoms with Crippen LogP contribution in [0.2, 0.25) is 0 Å². The molecule has 0 fully saturated rings. The van der Waals surface area contributed by atoms with E-state index in [1.54, 1.807) is 42.5 Å². The van der Waals surface area contributed by atoms with Crippen LogP contribution >= 0.6 is 0 Å². The maximum absolute atomic E-state index is 12.5. The van der Waals surface area contributed by atoms with Crippen LogP contribution in [0.4, 0.5) is 5.69 Å². The van der Waals surface area contributed by atoms with E-state index in [0.29, 0.717) is 34.1 Å². The first-order valence-corrected chi connectivity index (χ1v) is 9.78. The van der Waals surface area contributed by atoms with Crippen molar-refractivity contribution in [2.45, 2.75) is 20.5 Å². The topological polar surface area (TPSA) is 103 Å². The summed E-state index contributed by atoms with van der Waals surface area (Å²) in [5.74, 6) is 3.24. The van der Waals surface area contributed by atoms with Crippen molar-refractivity contribution in [3.63, 3.8) is 0 Å². The van der Waals surface area contributed by atoms with Crippen LogP contribution in [0.15, 0.2) is 47.0 Å². The summed E-state index contributed by atoms with van der Waals surface area (Å²) >= 11 is 0. The number of terminal acetylenes is 1. The summed E-state index contributed by atoms with van der Waals surface area (Å²) in [6.45, 7) is 3.70. The molecule has 2 amide bonds. The smallest absolute Gasteiger partial charge is 0.251 e. The van der Waals surface area contributed by atoms with Gasteiger partial charge in [-0.15, -0.1) is 6.42 Å². The van der Waals surface area contributed by atoms with E-state index in [1.807, 2.05) is 13.8 Å². The summed E-state index contributed by atoms with van der Waals surface area (Å²) in [6, 6.07) is 11.7. The molecule has 0 saturated carbocycles. The number of carbonyl (C=O) groups excluding carboxylic acids is 2. The fourth-order valence-corrected chi connectivity index (χ4v) is 2.94. The quantitative estimate of drug-likeness (QED) is 0.529. The molecule has 32 heavy (non-hydrogen) atoms. The van der Waals surface area contributed by atoms with Crippen molar-refractivity contribution in [3.8, 4) is 23.8 Å². The number of nitrogens with one attached hydrogen (secondary N) is 2. The van der Waals surface area contributed by atoms with Gasteiger partial charge in [0.05, 0.1) is 24.9 Å². The van der Waals surface area contributed by atoms with Gasteiger partial charge in [0.1, 0.15) is 12.4 Å². The monoisotopic (exact) mass is 433 g/mol. The van der Waals surface area contributed by atoms with Gasteiger partial charge in [0.25, 0.3) is 5.91 Å². The minimum absolute atomic E-state index is 0.203. The zero-order valence-electron chi connectivity index (χ0n) is 18.0. The molecule has 3 aromatic rings. The Morgan fingerprint density at radius 2 is 1.97 bits per heavy atom. The first kappa shape index (κ1) is 22.4. The minimum atomic E-state index is -0.423. The lowest BCUT2D eigenvalue weighted by atomic mass is 10.2. The Hall–Kier alpha value is -4.25. The third-order valence-corrected chi connectivity index (χ3v) is 4.70. The number of nitrogens with zero attached hydrogens (tertiary/aromatic N) is 1. The molecule has 0 bridgehead atoms. The van der Waals surface area contributed by atoms with Crippen molar-refractivity contribution >= 4 is 17.5 Å². The number of benzene rings is 2. The molecular formula is C24H23N3O5. The first-order chi connectivity index (χ1) is 15.4. The van der Waals surface area contributed by atoms with Gasteiger partial charge in [-0.3, -0.25) is 9.59 Å². The van der Waals surface area contributed by atoms with Gasteiger partial charge in [0.15, 0.2) is 11.5 Å². The Morgan fingerprint density at radius 3 is 2.66 bits per heavy atom. The van der Waals surface area contributed by atoms with Crippen LogP contribution in [0, 0.1) is 26.2 Å². The van der Waals surface area contributed by atoms with Gasteiger partial charge in [-0.25, -0.2) is 0 Å². The molecule has 0 aliphatic heterocycles. The number of anilines is 1. The molecule has 1 aromatic heterocycles. The van der Waals surface area contributed by atoms with Crippen LogP contribution in [0.5, 0.6) is 11.5 Å². The van der Waals surface area contributed by atoms with Gasteiger partial charge in [-0.2, -0.15) is 0 Å². The van der Waals surface area contributed by atoms with Gasteiger partial charge in [0, 0.05) is 16.8 Å². The van der Waals surface area contributed by atoms with Crippen molar-refractivity contribution in [3.05, 3.63) is 70.6 Å². The number of hydrogen-bond donors (Lipinski definition) is 2. The lowest BCUT2D eigenvalue weighted by molar-refractivity contribution is -0.115. The Balaban J connectivity index is 1.59. The summed E-state index contributed by atoms with van der Waals surface area (Å²) < 4.78 is 16.3. The first-order valence-electron chi connectivity index (χ1n) is 9.78. The molecular weight excluding hydrogens is 410 g/mol. The molecule has 0 aliphatic rings. The Labute approximate surface area is 185 Å². The Bertz CT molecular complexity index is 1160. The van der Waals surface area contributed by atoms with E-state index in [1.165, 1.54) is 7.11 Å². The van der Waals surface area contributed by atoms with Crippen molar-refractivity contribution in [2.75, 3.05) is 19.0 Å². The third kappa shape index (κ3) is 5.46. The van der Waals surface area contributed by atoms with Crippen LogP contribution < -0.4 is 20.1 Å². The zero-order valence-corrected chi connectivity index (χ0v) is 18.0. The standard InChI is InChI=1S/C24H23N3O5/c1-5-17-7-6-8-19(11-17)26-23(28)13-25-24(29)18-9-10-21(22(12-18)30-4)31-14-20-15(2)27-32-16(20)3/h1,6-12H,13-14H2,2-4H3,(H,25,29)(H,26,28). The van der Waals surface area contributed by atoms with Gasteiger partial charge in [-0.1, -0.05) is 17.1 Å². The molecule has 1 heterocycles. The number of carbonyl (C=O) groups is 2. The largest absolute Gasteiger partial charge is 0.493 e. The molecule has 3 rings (SSSR count). The van der Waals surface area contributed by atoms with E-state index < -0.39 is 5.91 Å². The number of amides is 2. The molecule has 0 unspecified atom stereocenters. The average Bonchev–Trinajstić information content (AvgIpc) is 3.13. The number of hydrogen-bond acceptors (Lipinski definition) is 6. The number of aryl methyl sites for hydroxylation is 2. The number of ether oxygens (including phenoxy) is 2. The van der Waals surface area contributed by atoms with Crippen LogP contribution in [-0.4, -0.2) is 30.6 Å². The number of methoxy groups -OCH3 is 1. The molecule has 0 spiro atoms. The highest BCUT2D eigenvalue weighted by Crippen LogP contribution is 2.29. The normalized spacial score (nSPS) is 10.2. The van der Waals surface area contributed by atoms with Crippen molar-refractivity contribution < 1.29 is 23.6 Å². The zero-order chi connectivity index (χ0) is 23.1. The molecule has 8 nitrogen and oxygen atoms in total. The highest BCUT2D eigenvalue weighted by molar-refractivity contribution is 5.99. The molecule has 0 saturated heterocycles. The summed E-state index contributed by atoms with van der Waals surface area (Å²) in [7, 11) is 1.48. The lowest BCUT2D eigenvalue weighted by Gasteiger charge is -2.12. The Morgan fingerprint density at radius 1 is 1.16 bits per heavy atom. The van der Waals surface area contributed by atoms with Crippen LogP contribution in [0.25, 0.3) is 0 Å². The van der Waals surface area contributed by atoms with Crippen molar-refractivity contribution in [2.24, 2.45) is 0 Å². The van der Waals surface area contributed by atoms with Crippen molar-refractivity contribution in [1.29, 1.82) is 0 Å². The summed E-state index contributed by atoms with van der Waals surface area (Å²) in [4.78, 5) is 24.6. The highest BCUT2D eigenvalue weighted by atomic mass is 16.5. The average molecular weight is 433 g/mol. The van der Waals surface area contributed by atoms with E-state index in [-0.39, 0.29) is 19.1 Å². The molecule has 0 atom stereocenters. The van der Waals surface area contributed by atoms with Crippen LogP contribution in [0.1, 0.15) is 32.9 Å². The van der Waals surface area contributed by atoms with E-state index >= 15 is 0 Å². The van der Waals surface area contributed by atoms with Gasteiger partial charge in [-0.05, 0) is 50.2 Å². The molecule has 8 heteroatoms. The van der Waals surface area contributed by atoms with Gasteiger partial charge >= 0.3 is 0 Å². The molecule has 0 aliphatic carbocycles. The second kappa shape index (κ2) is 10.2. The molecule has 2 aromatic carbocycles. The number of rotatable bonds is 8. The summed E-state index contributed by atoms with van der Waals surface area (Å²) in [6.07, 6.45) is 5.36. The van der Waals surface area contributed by atoms with E-state index in [9.17, 15) is 9.59 Å². The molecule has 0 radical (unpaired) electrons. The highest BCUT2D eigenvalue weighted by Gasteiger charge is 2.15.